The van der Waals surface area contributed by atoms with Crippen molar-refractivity contribution in [3.05, 3.63) is 47.0 Å². The fourth-order valence-electron chi connectivity index (χ4n) is 1.22. The molecule has 0 saturated heterocycles. The van der Waals surface area contributed by atoms with Crippen molar-refractivity contribution in [2.75, 3.05) is 0 Å². The molecule has 0 N–H and O–H groups in total. The summed E-state index contributed by atoms with van der Waals surface area (Å²) in [6.45, 7) is 7.49. The zero-order valence-corrected chi connectivity index (χ0v) is 9.53. The van der Waals surface area contributed by atoms with E-state index in [2.05, 4.69) is 29.1 Å². The standard InChI is InChI=1S/C11H10BrCl/c1-3-9-8(7-12)5-6-11(13)10(9)4-2/h3-6H,1-2,7H2. The monoisotopic (exact) mass is 256 g/mol. The molecule has 0 aliphatic rings. The van der Waals surface area contributed by atoms with Gasteiger partial charge in [0.05, 0.1) is 0 Å². The molecule has 0 unspecified atom stereocenters. The molecular formula is C11H10BrCl. The molecule has 0 amide bonds. The Hall–Kier alpha value is -0.530. The van der Waals surface area contributed by atoms with Crippen LogP contribution >= 0.6 is 27.5 Å². The molecule has 0 saturated carbocycles. The summed E-state index contributed by atoms with van der Waals surface area (Å²) in [5, 5.41) is 1.52. The SMILES string of the molecule is C=Cc1c(Cl)ccc(CBr)c1C=C. The summed E-state index contributed by atoms with van der Waals surface area (Å²) in [6, 6.07) is 3.86. The molecule has 68 valence electrons. The summed E-state index contributed by atoms with van der Waals surface area (Å²) in [5.41, 5.74) is 3.18. The van der Waals surface area contributed by atoms with Crippen LogP contribution in [0.3, 0.4) is 0 Å². The summed E-state index contributed by atoms with van der Waals surface area (Å²) in [6.07, 6.45) is 3.56. The normalized spacial score (nSPS) is 9.69. The van der Waals surface area contributed by atoms with Crippen LogP contribution in [0, 0.1) is 0 Å². The van der Waals surface area contributed by atoms with Crippen molar-refractivity contribution in [1.29, 1.82) is 0 Å². The van der Waals surface area contributed by atoms with Crippen LogP contribution in [0.25, 0.3) is 12.2 Å². The molecule has 0 heterocycles. The van der Waals surface area contributed by atoms with E-state index in [0.717, 1.165) is 21.5 Å². The lowest BCUT2D eigenvalue weighted by Crippen LogP contribution is -1.89. The first-order chi connectivity index (χ1) is 6.24. The lowest BCUT2D eigenvalue weighted by Gasteiger charge is -2.08. The lowest BCUT2D eigenvalue weighted by atomic mass is 10.0. The summed E-state index contributed by atoms with van der Waals surface area (Å²) in [7, 11) is 0. The Morgan fingerprint density at radius 1 is 1.23 bits per heavy atom. The molecule has 2 heteroatoms. The molecule has 0 spiro atoms. The Balaban J connectivity index is 3.44. The molecule has 0 aliphatic carbocycles. The molecule has 0 atom stereocenters. The third-order valence-electron chi connectivity index (χ3n) is 1.88. The van der Waals surface area contributed by atoms with E-state index < -0.39 is 0 Å². The third-order valence-corrected chi connectivity index (χ3v) is 2.81. The van der Waals surface area contributed by atoms with E-state index in [1.165, 1.54) is 5.56 Å². The predicted octanol–water partition coefficient (Wildman–Crippen LogP) is 4.52. The van der Waals surface area contributed by atoms with Crippen LogP contribution in [0.5, 0.6) is 0 Å². The molecule has 0 fully saturated rings. The molecule has 0 radical (unpaired) electrons. The van der Waals surface area contributed by atoms with Crippen molar-refractivity contribution in [3.63, 3.8) is 0 Å². The summed E-state index contributed by atoms with van der Waals surface area (Å²) >= 11 is 9.41. The predicted molar refractivity (Wildman–Crippen MR) is 64.3 cm³/mol. The summed E-state index contributed by atoms with van der Waals surface area (Å²) in [5.74, 6) is 0. The van der Waals surface area contributed by atoms with Gasteiger partial charge in [-0.15, -0.1) is 0 Å². The Kier molecular flexibility index (Phi) is 3.76. The van der Waals surface area contributed by atoms with E-state index in [1.807, 2.05) is 12.1 Å². The number of rotatable bonds is 3. The first kappa shape index (κ1) is 10.6. The topological polar surface area (TPSA) is 0 Å². The molecule has 0 aromatic heterocycles. The maximum Gasteiger partial charge on any atom is 0.0484 e. The number of hydrogen-bond acceptors (Lipinski definition) is 0. The Labute approximate surface area is 92.0 Å². The highest BCUT2D eigenvalue weighted by Crippen LogP contribution is 2.26. The van der Waals surface area contributed by atoms with Crippen molar-refractivity contribution in [2.45, 2.75) is 5.33 Å². The minimum Gasteiger partial charge on any atom is -0.0984 e. The van der Waals surface area contributed by atoms with E-state index in [0.29, 0.717) is 0 Å². The van der Waals surface area contributed by atoms with E-state index in [-0.39, 0.29) is 0 Å². The van der Waals surface area contributed by atoms with Crippen LogP contribution in [0.4, 0.5) is 0 Å². The van der Waals surface area contributed by atoms with E-state index in [4.69, 9.17) is 11.6 Å². The third kappa shape index (κ3) is 2.04. The highest BCUT2D eigenvalue weighted by atomic mass is 79.9. The van der Waals surface area contributed by atoms with Gasteiger partial charge < -0.3 is 0 Å². The van der Waals surface area contributed by atoms with Crippen molar-refractivity contribution < 1.29 is 0 Å². The average Bonchev–Trinajstić information content (AvgIpc) is 2.17. The van der Waals surface area contributed by atoms with Crippen LogP contribution in [-0.2, 0) is 5.33 Å². The second-order valence-corrected chi connectivity index (χ2v) is 3.54. The van der Waals surface area contributed by atoms with Gasteiger partial charge in [-0.25, -0.2) is 0 Å². The fraction of sp³-hybridized carbons (Fsp3) is 0.0909. The largest absolute Gasteiger partial charge is 0.0984 e. The molecule has 1 rings (SSSR count). The highest BCUT2D eigenvalue weighted by molar-refractivity contribution is 9.08. The zero-order chi connectivity index (χ0) is 9.84. The van der Waals surface area contributed by atoms with Gasteiger partial charge in [-0.3, -0.25) is 0 Å². The number of benzene rings is 1. The molecule has 0 nitrogen and oxygen atoms in total. The van der Waals surface area contributed by atoms with Gasteiger partial charge in [0.25, 0.3) is 0 Å². The Morgan fingerprint density at radius 2 is 1.85 bits per heavy atom. The molecular weight excluding hydrogens is 247 g/mol. The molecule has 0 bridgehead atoms. The first-order valence-corrected chi connectivity index (χ1v) is 5.36. The fourth-order valence-corrected chi connectivity index (χ4v) is 1.95. The van der Waals surface area contributed by atoms with Gasteiger partial charge >= 0.3 is 0 Å². The van der Waals surface area contributed by atoms with Gasteiger partial charge in [-0.2, -0.15) is 0 Å². The first-order valence-electron chi connectivity index (χ1n) is 3.86. The summed E-state index contributed by atoms with van der Waals surface area (Å²) < 4.78 is 0. The van der Waals surface area contributed by atoms with Gasteiger partial charge in [0, 0.05) is 10.4 Å². The van der Waals surface area contributed by atoms with Crippen LogP contribution in [0.2, 0.25) is 5.02 Å². The molecule has 13 heavy (non-hydrogen) atoms. The van der Waals surface area contributed by atoms with E-state index in [9.17, 15) is 0 Å². The maximum absolute atomic E-state index is 6.00. The zero-order valence-electron chi connectivity index (χ0n) is 7.19. The molecule has 0 aliphatic heterocycles. The van der Waals surface area contributed by atoms with Crippen LogP contribution in [0.15, 0.2) is 25.3 Å². The summed E-state index contributed by atoms with van der Waals surface area (Å²) in [4.78, 5) is 0. The van der Waals surface area contributed by atoms with E-state index in [1.54, 1.807) is 12.2 Å². The number of hydrogen-bond donors (Lipinski definition) is 0. The minimum absolute atomic E-state index is 0.717. The van der Waals surface area contributed by atoms with Gasteiger partial charge in [0.1, 0.15) is 0 Å². The quantitative estimate of drug-likeness (QED) is 0.698. The van der Waals surface area contributed by atoms with Crippen molar-refractivity contribution >= 4 is 39.7 Å². The van der Waals surface area contributed by atoms with Crippen LogP contribution in [0.1, 0.15) is 16.7 Å². The highest BCUT2D eigenvalue weighted by Gasteiger charge is 2.05. The van der Waals surface area contributed by atoms with Gasteiger partial charge in [-0.05, 0) is 22.8 Å². The lowest BCUT2D eigenvalue weighted by molar-refractivity contribution is 1.40. The second-order valence-electron chi connectivity index (χ2n) is 2.58. The van der Waals surface area contributed by atoms with Gasteiger partial charge in [0.2, 0.25) is 0 Å². The number of halogens is 2. The molecule has 1 aromatic rings. The van der Waals surface area contributed by atoms with Gasteiger partial charge in [0.15, 0.2) is 0 Å². The molecule has 1 aromatic carbocycles. The van der Waals surface area contributed by atoms with Gasteiger partial charge in [-0.1, -0.05) is 58.9 Å². The van der Waals surface area contributed by atoms with Crippen LogP contribution in [-0.4, -0.2) is 0 Å². The van der Waals surface area contributed by atoms with Crippen molar-refractivity contribution in [2.24, 2.45) is 0 Å². The average molecular weight is 258 g/mol. The van der Waals surface area contributed by atoms with Crippen LogP contribution < -0.4 is 0 Å². The van der Waals surface area contributed by atoms with Crippen molar-refractivity contribution in [1.82, 2.24) is 0 Å². The second kappa shape index (κ2) is 4.64. The Bertz CT molecular complexity index is 342. The smallest absolute Gasteiger partial charge is 0.0484 e. The maximum atomic E-state index is 6.00. The van der Waals surface area contributed by atoms with Crippen molar-refractivity contribution in [3.8, 4) is 0 Å². The Morgan fingerprint density at radius 3 is 2.31 bits per heavy atom. The number of alkyl halides is 1. The van der Waals surface area contributed by atoms with E-state index >= 15 is 0 Å². The minimum atomic E-state index is 0.717.